The fourth-order valence-corrected chi connectivity index (χ4v) is 3.06. The minimum Gasteiger partial charge on any atom is -0.384 e. The molecule has 0 aromatic heterocycles. The molecular weight excluding hydrogens is 389 g/mol. The van der Waals surface area contributed by atoms with E-state index in [0.29, 0.717) is 15.6 Å². The van der Waals surface area contributed by atoms with Gasteiger partial charge in [0.05, 0.1) is 14.2 Å². The molecule has 23 heavy (non-hydrogen) atoms. The van der Waals surface area contributed by atoms with Crippen LogP contribution in [-0.4, -0.2) is 38.1 Å². The Labute approximate surface area is 145 Å². The Kier molecular flexibility index (Phi) is 9.01. The predicted octanol–water partition coefficient (Wildman–Crippen LogP) is 3.91. The van der Waals surface area contributed by atoms with E-state index in [-0.39, 0.29) is 6.42 Å². The first-order chi connectivity index (χ1) is 10.8. The lowest BCUT2D eigenvalue weighted by atomic mass is 9.96. The number of rotatable bonds is 10. The third-order valence-corrected chi connectivity index (χ3v) is 4.73. The molecule has 0 aliphatic rings. The van der Waals surface area contributed by atoms with E-state index in [9.17, 15) is 14.2 Å². The zero-order chi connectivity index (χ0) is 17.5. The maximum Gasteiger partial charge on any atom is 0.697 e. The first kappa shape index (κ1) is 20.8. The Hall–Kier alpha value is -0.200. The van der Waals surface area contributed by atoms with Gasteiger partial charge in [-0.15, -0.1) is 18.1 Å². The Morgan fingerprint density at radius 3 is 1.87 bits per heavy atom. The number of halogens is 2. The molecule has 1 N–H and O–H groups in total. The molecule has 2 atom stereocenters. The normalized spacial score (nSPS) is 15.2. The SMILES string of the molecule is CO[P+](=O)OCC(O)(CO[P+](=O)OC)Cc1c(Cl)cccc1Cl. The summed E-state index contributed by atoms with van der Waals surface area (Å²) < 4.78 is 41.3. The average Bonchev–Trinajstić information content (AvgIpc) is 2.54. The summed E-state index contributed by atoms with van der Waals surface area (Å²) in [4.78, 5) is 0. The summed E-state index contributed by atoms with van der Waals surface area (Å²) in [6, 6.07) is 4.87. The van der Waals surface area contributed by atoms with Crippen molar-refractivity contribution in [2.45, 2.75) is 12.0 Å². The van der Waals surface area contributed by atoms with Crippen LogP contribution in [0, 0.1) is 0 Å². The molecule has 0 saturated carbocycles. The number of hydrogen-bond donors (Lipinski definition) is 1. The lowest BCUT2D eigenvalue weighted by molar-refractivity contribution is -0.0412. The van der Waals surface area contributed by atoms with Crippen molar-refractivity contribution < 1.29 is 32.3 Å². The van der Waals surface area contributed by atoms with Gasteiger partial charge in [-0.2, -0.15) is 0 Å². The van der Waals surface area contributed by atoms with Crippen LogP contribution in [0.5, 0.6) is 0 Å². The molecule has 0 saturated heterocycles. The molecule has 1 rings (SSSR count). The van der Waals surface area contributed by atoms with E-state index in [1.807, 2.05) is 0 Å². The van der Waals surface area contributed by atoms with Crippen molar-refractivity contribution in [3.63, 3.8) is 0 Å². The maximum atomic E-state index is 11.3. The van der Waals surface area contributed by atoms with Crippen molar-refractivity contribution in [2.75, 3.05) is 27.4 Å². The molecule has 0 heterocycles. The standard InChI is InChI=1S/C12H16Cl2O7P2/c1-18-22(16)20-7-12(15,8-21-23(17)19-2)6-9-10(13)4-3-5-11(9)14/h3-5,15H,6-8H2,1-2H3/q+2. The second-order valence-electron chi connectivity index (χ2n) is 4.46. The minimum absolute atomic E-state index is 0.0781. The highest BCUT2D eigenvalue weighted by Gasteiger charge is 2.38. The minimum atomic E-state index is -2.40. The molecule has 0 spiro atoms. The first-order valence-corrected chi connectivity index (χ1v) is 9.20. The van der Waals surface area contributed by atoms with Crippen LogP contribution in [0.4, 0.5) is 0 Å². The van der Waals surface area contributed by atoms with Crippen LogP contribution in [0.25, 0.3) is 0 Å². The molecule has 0 aliphatic heterocycles. The molecule has 0 aliphatic carbocycles. The molecule has 0 fully saturated rings. The van der Waals surface area contributed by atoms with Gasteiger partial charge in [-0.25, -0.2) is 0 Å². The monoisotopic (exact) mass is 404 g/mol. The van der Waals surface area contributed by atoms with Crippen LogP contribution >= 0.6 is 39.7 Å². The molecule has 11 heteroatoms. The summed E-state index contributed by atoms with van der Waals surface area (Å²) in [6.07, 6.45) is -0.0781. The van der Waals surface area contributed by atoms with Gasteiger partial charge in [-0.3, -0.25) is 0 Å². The van der Waals surface area contributed by atoms with Gasteiger partial charge in [0, 0.05) is 25.6 Å². The van der Waals surface area contributed by atoms with Gasteiger partial charge in [0.25, 0.3) is 0 Å². The third-order valence-electron chi connectivity index (χ3n) is 2.74. The summed E-state index contributed by atoms with van der Waals surface area (Å²) in [5.41, 5.74) is -1.24. The lowest BCUT2D eigenvalue weighted by Crippen LogP contribution is -2.41. The molecule has 0 radical (unpaired) electrons. The van der Waals surface area contributed by atoms with E-state index in [2.05, 4.69) is 9.05 Å². The molecule has 128 valence electrons. The van der Waals surface area contributed by atoms with Gasteiger partial charge in [0.15, 0.2) is 0 Å². The maximum absolute atomic E-state index is 11.3. The smallest absolute Gasteiger partial charge is 0.384 e. The molecule has 0 amide bonds. The van der Waals surface area contributed by atoms with Gasteiger partial charge in [0.1, 0.15) is 18.8 Å². The van der Waals surface area contributed by atoms with Crippen molar-refractivity contribution in [1.82, 2.24) is 0 Å². The molecule has 0 bridgehead atoms. The van der Waals surface area contributed by atoms with Gasteiger partial charge >= 0.3 is 16.5 Å². The van der Waals surface area contributed by atoms with E-state index in [4.69, 9.17) is 32.2 Å². The van der Waals surface area contributed by atoms with Gasteiger partial charge in [-0.1, -0.05) is 29.3 Å². The van der Waals surface area contributed by atoms with Gasteiger partial charge in [0.2, 0.25) is 0 Å². The Balaban J connectivity index is 2.93. The summed E-state index contributed by atoms with van der Waals surface area (Å²) >= 11 is 12.1. The van der Waals surface area contributed by atoms with Crippen LogP contribution < -0.4 is 0 Å². The van der Waals surface area contributed by atoms with Crippen LogP contribution in [0.2, 0.25) is 10.0 Å². The van der Waals surface area contributed by atoms with Crippen molar-refractivity contribution in [3.05, 3.63) is 33.8 Å². The highest BCUT2D eigenvalue weighted by atomic mass is 35.5. The van der Waals surface area contributed by atoms with Crippen LogP contribution in [0.3, 0.4) is 0 Å². The second-order valence-corrected chi connectivity index (χ2v) is 7.42. The van der Waals surface area contributed by atoms with E-state index in [1.54, 1.807) is 18.2 Å². The highest BCUT2D eigenvalue weighted by molar-refractivity contribution is 7.33. The predicted molar refractivity (Wildman–Crippen MR) is 86.3 cm³/mol. The van der Waals surface area contributed by atoms with Crippen LogP contribution in [0.1, 0.15) is 5.56 Å². The van der Waals surface area contributed by atoms with E-state index in [1.165, 1.54) is 14.2 Å². The highest BCUT2D eigenvalue weighted by Crippen LogP contribution is 2.33. The number of hydrogen-bond acceptors (Lipinski definition) is 7. The van der Waals surface area contributed by atoms with Crippen LogP contribution in [-0.2, 0) is 33.6 Å². The summed E-state index contributed by atoms with van der Waals surface area (Å²) in [5, 5.41) is 11.3. The molecule has 1 aromatic rings. The molecular formula is C12H16Cl2O7P2+2. The Bertz CT molecular complexity index is 530. The fourth-order valence-electron chi connectivity index (χ4n) is 1.63. The lowest BCUT2D eigenvalue weighted by Gasteiger charge is -2.23. The molecule has 2 unspecified atom stereocenters. The topological polar surface area (TPSA) is 91.3 Å². The molecule has 7 nitrogen and oxygen atoms in total. The summed E-state index contributed by atoms with van der Waals surface area (Å²) in [6.45, 7) is -0.824. The van der Waals surface area contributed by atoms with Gasteiger partial charge < -0.3 is 5.11 Å². The largest absolute Gasteiger partial charge is 0.697 e. The Morgan fingerprint density at radius 1 is 1.04 bits per heavy atom. The zero-order valence-corrected chi connectivity index (χ0v) is 15.7. The zero-order valence-electron chi connectivity index (χ0n) is 12.4. The van der Waals surface area contributed by atoms with E-state index < -0.39 is 35.3 Å². The second kappa shape index (κ2) is 9.94. The number of aliphatic hydroxyl groups is 1. The van der Waals surface area contributed by atoms with Gasteiger partial charge in [-0.05, 0) is 17.7 Å². The summed E-state index contributed by atoms with van der Waals surface area (Å²) in [5.74, 6) is 0. The van der Waals surface area contributed by atoms with Crippen LogP contribution in [0.15, 0.2) is 18.2 Å². The average molecular weight is 405 g/mol. The third kappa shape index (κ3) is 7.06. The quantitative estimate of drug-likeness (QED) is 0.591. The first-order valence-electron chi connectivity index (χ1n) is 6.25. The summed E-state index contributed by atoms with van der Waals surface area (Å²) in [7, 11) is -2.40. The fraction of sp³-hybridized carbons (Fsp3) is 0.500. The van der Waals surface area contributed by atoms with E-state index >= 15 is 0 Å². The molecule has 1 aromatic carbocycles. The Morgan fingerprint density at radius 2 is 1.48 bits per heavy atom. The number of benzene rings is 1. The van der Waals surface area contributed by atoms with Crippen molar-refractivity contribution in [3.8, 4) is 0 Å². The van der Waals surface area contributed by atoms with E-state index in [0.717, 1.165) is 0 Å². The van der Waals surface area contributed by atoms with Crippen molar-refractivity contribution in [2.24, 2.45) is 0 Å². The van der Waals surface area contributed by atoms with Crippen molar-refractivity contribution >= 4 is 39.7 Å². The van der Waals surface area contributed by atoms with Crippen molar-refractivity contribution in [1.29, 1.82) is 0 Å².